The standard InChI is InChI=1S/C26H41N5O.C4H8/c1-4-24-23(18-27-25(24)5-2)20-30-14-16-31(17-15-30)26(32)22-8-12-29(13-9-22)19-21-6-10-28(3)11-7-21;1-3-4-2/h6-7,10,18,22,27H,4-5,8-9,11-17,19-20H2,1-3H3;3H,1,4H2,2H3. The van der Waals surface area contributed by atoms with E-state index in [0.717, 1.165) is 91.0 Å². The summed E-state index contributed by atoms with van der Waals surface area (Å²) in [5, 5.41) is 0. The van der Waals surface area contributed by atoms with Crippen LogP contribution < -0.4 is 0 Å². The molecule has 1 N–H and O–H groups in total. The van der Waals surface area contributed by atoms with Gasteiger partial charge in [-0.3, -0.25) is 14.6 Å². The molecule has 2 saturated heterocycles. The Balaban J connectivity index is 0.000000840. The predicted molar refractivity (Wildman–Crippen MR) is 151 cm³/mol. The number of likely N-dealkylation sites (N-methyl/N-ethyl adjacent to an activating group) is 1. The summed E-state index contributed by atoms with van der Waals surface area (Å²) in [5.41, 5.74) is 5.71. The number of piperidine rings is 1. The average molecular weight is 496 g/mol. The second-order valence-electron chi connectivity index (χ2n) is 10.4. The molecular formula is C30H49N5O. The van der Waals surface area contributed by atoms with Crippen LogP contribution in [-0.4, -0.2) is 89.9 Å². The number of aromatic nitrogens is 1. The first-order valence-electron chi connectivity index (χ1n) is 14.1. The molecule has 3 aliphatic heterocycles. The monoisotopic (exact) mass is 495 g/mol. The van der Waals surface area contributed by atoms with Crippen LogP contribution in [0.15, 0.2) is 42.8 Å². The quantitative estimate of drug-likeness (QED) is 0.541. The van der Waals surface area contributed by atoms with Crippen LogP contribution in [0.1, 0.15) is 56.9 Å². The number of nitrogens with zero attached hydrogens (tertiary/aromatic N) is 4. The van der Waals surface area contributed by atoms with Crippen molar-refractivity contribution in [3.63, 3.8) is 0 Å². The van der Waals surface area contributed by atoms with E-state index in [9.17, 15) is 4.79 Å². The van der Waals surface area contributed by atoms with Crippen LogP contribution >= 0.6 is 0 Å². The van der Waals surface area contributed by atoms with Crippen LogP contribution in [0.3, 0.4) is 0 Å². The third-order valence-corrected chi connectivity index (χ3v) is 7.77. The van der Waals surface area contributed by atoms with Gasteiger partial charge in [0.1, 0.15) is 0 Å². The molecule has 1 aromatic rings. The Morgan fingerprint density at radius 3 is 2.25 bits per heavy atom. The van der Waals surface area contributed by atoms with Crippen molar-refractivity contribution >= 4 is 5.91 Å². The Labute approximate surface area is 219 Å². The smallest absolute Gasteiger partial charge is 0.225 e. The number of H-pyrrole nitrogens is 1. The van der Waals surface area contributed by atoms with Gasteiger partial charge in [-0.1, -0.05) is 32.9 Å². The molecule has 0 unspecified atom stereocenters. The zero-order valence-electron chi connectivity index (χ0n) is 23.3. The van der Waals surface area contributed by atoms with Crippen molar-refractivity contribution in [2.24, 2.45) is 5.92 Å². The van der Waals surface area contributed by atoms with Crippen LogP contribution in [0.5, 0.6) is 0 Å². The van der Waals surface area contributed by atoms with Gasteiger partial charge in [0.05, 0.1) is 0 Å². The zero-order chi connectivity index (χ0) is 25.9. The van der Waals surface area contributed by atoms with Gasteiger partial charge in [-0.05, 0) is 74.2 Å². The van der Waals surface area contributed by atoms with Gasteiger partial charge in [0, 0.05) is 70.7 Å². The first kappa shape index (κ1) is 28.3. The Hall–Kier alpha value is -2.31. The molecule has 6 nitrogen and oxygen atoms in total. The minimum atomic E-state index is 0.211. The average Bonchev–Trinajstić information content (AvgIpc) is 3.32. The van der Waals surface area contributed by atoms with E-state index in [0.29, 0.717) is 5.91 Å². The zero-order valence-corrected chi connectivity index (χ0v) is 23.3. The van der Waals surface area contributed by atoms with Crippen LogP contribution in [0, 0.1) is 5.92 Å². The largest absolute Gasteiger partial charge is 0.377 e. The molecule has 36 heavy (non-hydrogen) atoms. The molecule has 1 amide bonds. The summed E-state index contributed by atoms with van der Waals surface area (Å²) in [5.74, 6) is 0.607. The molecule has 2 fully saturated rings. The van der Waals surface area contributed by atoms with Gasteiger partial charge in [-0.2, -0.15) is 0 Å². The lowest BCUT2D eigenvalue weighted by molar-refractivity contribution is -0.138. The molecule has 3 aliphatic rings. The number of piperazine rings is 1. The third-order valence-electron chi connectivity index (χ3n) is 7.77. The Morgan fingerprint density at radius 1 is 1.03 bits per heavy atom. The SMILES string of the molecule is C=CCC.CCc1[nH]cc(CN2CCN(C(=O)C3CCN(CC4=CCN(C)C=C4)CC3)CC2)c1CC. The van der Waals surface area contributed by atoms with Gasteiger partial charge in [-0.25, -0.2) is 0 Å². The first-order valence-corrected chi connectivity index (χ1v) is 14.1. The fourth-order valence-electron chi connectivity index (χ4n) is 5.39. The van der Waals surface area contributed by atoms with Gasteiger partial charge >= 0.3 is 0 Å². The van der Waals surface area contributed by atoms with Crippen LogP contribution in [-0.2, 0) is 24.2 Å². The third kappa shape index (κ3) is 7.84. The number of carbonyl (C=O) groups is 1. The highest BCUT2D eigenvalue weighted by Gasteiger charge is 2.30. The summed E-state index contributed by atoms with van der Waals surface area (Å²) in [4.78, 5) is 26.0. The van der Waals surface area contributed by atoms with Gasteiger partial charge in [-0.15, -0.1) is 6.58 Å². The predicted octanol–water partition coefficient (Wildman–Crippen LogP) is 4.46. The van der Waals surface area contributed by atoms with E-state index >= 15 is 0 Å². The second-order valence-corrected chi connectivity index (χ2v) is 10.4. The van der Waals surface area contributed by atoms with Crippen molar-refractivity contribution in [1.82, 2.24) is 24.6 Å². The van der Waals surface area contributed by atoms with Gasteiger partial charge < -0.3 is 14.8 Å². The molecule has 0 radical (unpaired) electrons. The van der Waals surface area contributed by atoms with Crippen LogP contribution in [0.2, 0.25) is 0 Å². The maximum atomic E-state index is 13.1. The minimum Gasteiger partial charge on any atom is -0.377 e. The fraction of sp³-hybridized carbons (Fsp3) is 0.633. The summed E-state index contributed by atoms with van der Waals surface area (Å²) < 4.78 is 0. The summed E-state index contributed by atoms with van der Waals surface area (Å²) in [7, 11) is 2.10. The molecule has 0 aromatic carbocycles. The topological polar surface area (TPSA) is 45.8 Å². The molecule has 0 aliphatic carbocycles. The number of carbonyl (C=O) groups excluding carboxylic acids is 1. The summed E-state index contributed by atoms with van der Waals surface area (Å²) >= 11 is 0. The van der Waals surface area contributed by atoms with Crippen LogP contribution in [0.25, 0.3) is 0 Å². The number of aromatic amines is 1. The number of nitrogens with one attached hydrogen (secondary N) is 1. The lowest BCUT2D eigenvalue weighted by atomic mass is 9.94. The van der Waals surface area contributed by atoms with Crippen molar-refractivity contribution < 1.29 is 4.79 Å². The Morgan fingerprint density at radius 2 is 1.69 bits per heavy atom. The van der Waals surface area contributed by atoms with E-state index in [1.807, 2.05) is 6.08 Å². The van der Waals surface area contributed by atoms with E-state index in [2.05, 4.69) is 83.5 Å². The number of rotatable bonds is 8. The summed E-state index contributed by atoms with van der Waals surface area (Å²) in [6.45, 7) is 18.8. The molecule has 4 rings (SSSR count). The number of hydrogen-bond acceptors (Lipinski definition) is 4. The van der Waals surface area contributed by atoms with Gasteiger partial charge in [0.2, 0.25) is 5.91 Å². The molecule has 6 heteroatoms. The highest BCUT2D eigenvalue weighted by atomic mass is 16.2. The van der Waals surface area contributed by atoms with Crippen molar-refractivity contribution in [1.29, 1.82) is 0 Å². The Bertz CT molecular complexity index is 885. The van der Waals surface area contributed by atoms with Gasteiger partial charge in [0.25, 0.3) is 0 Å². The highest BCUT2D eigenvalue weighted by Crippen LogP contribution is 2.23. The van der Waals surface area contributed by atoms with E-state index in [4.69, 9.17) is 0 Å². The second kappa shape index (κ2) is 14.4. The minimum absolute atomic E-state index is 0.211. The highest BCUT2D eigenvalue weighted by molar-refractivity contribution is 5.79. The number of hydrogen-bond donors (Lipinski definition) is 1. The van der Waals surface area contributed by atoms with E-state index in [-0.39, 0.29) is 5.92 Å². The number of likely N-dealkylation sites (tertiary alicyclic amines) is 1. The number of amides is 1. The molecule has 0 spiro atoms. The number of allylic oxidation sites excluding steroid dienone is 1. The lowest BCUT2D eigenvalue weighted by Gasteiger charge is -2.38. The fourth-order valence-corrected chi connectivity index (χ4v) is 5.39. The summed E-state index contributed by atoms with van der Waals surface area (Å²) in [6.07, 6.45) is 16.0. The molecule has 200 valence electrons. The number of aryl methyl sites for hydroxylation is 1. The van der Waals surface area contributed by atoms with E-state index in [1.54, 1.807) is 0 Å². The molecule has 0 bridgehead atoms. The van der Waals surface area contributed by atoms with Crippen molar-refractivity contribution in [3.8, 4) is 0 Å². The molecule has 0 saturated carbocycles. The maximum absolute atomic E-state index is 13.1. The van der Waals surface area contributed by atoms with Crippen molar-refractivity contribution in [2.45, 2.75) is 59.4 Å². The lowest BCUT2D eigenvalue weighted by Crippen LogP contribution is -2.51. The molecule has 4 heterocycles. The van der Waals surface area contributed by atoms with Crippen molar-refractivity contribution in [2.75, 3.05) is 59.4 Å². The molecule has 0 atom stereocenters. The van der Waals surface area contributed by atoms with E-state index < -0.39 is 0 Å². The van der Waals surface area contributed by atoms with Crippen molar-refractivity contribution in [3.05, 3.63) is 59.6 Å². The first-order chi connectivity index (χ1) is 17.5. The van der Waals surface area contributed by atoms with Gasteiger partial charge in [0.15, 0.2) is 0 Å². The molecule has 1 aromatic heterocycles. The Kier molecular flexibility index (Phi) is 11.3. The maximum Gasteiger partial charge on any atom is 0.225 e. The normalized spacial score (nSPS) is 19.6. The van der Waals surface area contributed by atoms with Crippen LogP contribution in [0.4, 0.5) is 0 Å². The summed E-state index contributed by atoms with van der Waals surface area (Å²) in [6, 6.07) is 0. The van der Waals surface area contributed by atoms with E-state index in [1.165, 1.54) is 22.4 Å². The molecular weight excluding hydrogens is 446 g/mol.